The average Bonchev–Trinajstić information content (AvgIpc) is 3.16. The Hall–Kier alpha value is -2.67. The van der Waals surface area contributed by atoms with Crippen molar-refractivity contribution in [1.29, 1.82) is 0 Å². The molecule has 1 unspecified atom stereocenters. The monoisotopic (exact) mass is 368 g/mol. The number of para-hydroxylation sites is 1. The van der Waals surface area contributed by atoms with Gasteiger partial charge < -0.3 is 14.5 Å². The first-order chi connectivity index (χ1) is 12.7. The summed E-state index contributed by atoms with van der Waals surface area (Å²) in [4.78, 5) is 25.5. The zero-order valence-corrected chi connectivity index (χ0v) is 15.6. The lowest BCUT2D eigenvalue weighted by molar-refractivity contribution is 0.0587. The summed E-state index contributed by atoms with van der Waals surface area (Å²) in [5.41, 5.74) is 2.02. The van der Waals surface area contributed by atoms with Gasteiger partial charge in [0.1, 0.15) is 0 Å². The zero-order valence-electron chi connectivity index (χ0n) is 14.8. The van der Waals surface area contributed by atoms with E-state index in [1.165, 1.54) is 12.8 Å². The molecule has 6 nitrogen and oxygen atoms in total. The summed E-state index contributed by atoms with van der Waals surface area (Å²) in [6.07, 6.45) is 0. The lowest BCUT2D eigenvalue weighted by Gasteiger charge is -2.41. The Morgan fingerprint density at radius 1 is 1.19 bits per heavy atom. The molecule has 1 aliphatic rings. The normalized spacial score (nSPS) is 17.5. The van der Waals surface area contributed by atoms with Crippen LogP contribution < -0.4 is 9.80 Å². The molecule has 0 amide bonds. The highest BCUT2D eigenvalue weighted by Gasteiger charge is 2.28. The van der Waals surface area contributed by atoms with Gasteiger partial charge in [0.25, 0.3) is 0 Å². The number of ether oxygens (including phenoxy) is 1. The van der Waals surface area contributed by atoms with E-state index in [0.717, 1.165) is 35.7 Å². The number of carbonyl (C=O) groups is 1. The van der Waals surface area contributed by atoms with Crippen molar-refractivity contribution in [3.63, 3.8) is 0 Å². The quantitative estimate of drug-likeness (QED) is 0.662. The van der Waals surface area contributed by atoms with Gasteiger partial charge in [0.05, 0.1) is 17.3 Å². The molecule has 0 saturated carbocycles. The molecule has 1 fully saturated rings. The van der Waals surface area contributed by atoms with Crippen molar-refractivity contribution in [3.05, 3.63) is 47.6 Å². The number of hydrogen-bond donors (Lipinski definition) is 0. The minimum atomic E-state index is -0.505. The third-order valence-corrected chi connectivity index (χ3v) is 5.57. The van der Waals surface area contributed by atoms with Crippen molar-refractivity contribution >= 4 is 39.0 Å². The Balaban J connectivity index is 1.66. The molecular weight excluding hydrogens is 348 g/mol. The van der Waals surface area contributed by atoms with E-state index in [0.29, 0.717) is 0 Å². The van der Waals surface area contributed by atoms with Gasteiger partial charge in [0.2, 0.25) is 5.82 Å². The van der Waals surface area contributed by atoms with Crippen molar-refractivity contribution in [2.75, 3.05) is 36.5 Å². The van der Waals surface area contributed by atoms with Gasteiger partial charge in [-0.1, -0.05) is 18.2 Å². The minimum absolute atomic E-state index is 0.117. The highest BCUT2D eigenvalue weighted by molar-refractivity contribution is 7.17. The highest BCUT2D eigenvalue weighted by atomic mass is 32.1. The van der Waals surface area contributed by atoms with Crippen LogP contribution in [0.25, 0.3) is 10.2 Å². The fourth-order valence-electron chi connectivity index (χ4n) is 3.37. The number of nitrogens with zero attached hydrogens (tertiary/aromatic N) is 4. The molecule has 3 heterocycles. The molecule has 134 valence electrons. The van der Waals surface area contributed by atoms with Crippen LogP contribution in [0.15, 0.2) is 41.8 Å². The number of anilines is 2. The number of thiophene rings is 1. The van der Waals surface area contributed by atoms with Crippen LogP contribution in [0.5, 0.6) is 0 Å². The lowest BCUT2D eigenvalue weighted by atomic mass is 10.1. The Kier molecular flexibility index (Phi) is 4.46. The number of fused-ring (bicyclic) bond motifs is 1. The van der Waals surface area contributed by atoms with E-state index in [-0.39, 0.29) is 11.9 Å². The van der Waals surface area contributed by atoms with Gasteiger partial charge in [0, 0.05) is 31.4 Å². The second-order valence-electron chi connectivity index (χ2n) is 6.32. The number of piperazine rings is 1. The predicted molar refractivity (Wildman–Crippen MR) is 104 cm³/mol. The topological polar surface area (TPSA) is 58.6 Å². The average molecular weight is 368 g/mol. The molecule has 4 rings (SSSR count). The maximum atomic E-state index is 12.0. The molecule has 3 aromatic rings. The summed E-state index contributed by atoms with van der Waals surface area (Å²) >= 11 is 1.60. The Morgan fingerprint density at radius 2 is 2.00 bits per heavy atom. The SMILES string of the molecule is COC(=O)c1nc(N2CCN(c3ccccc3)CC2C)c2sccc2n1. The van der Waals surface area contributed by atoms with Crippen LogP contribution in [0, 0.1) is 0 Å². The number of rotatable bonds is 3. The van der Waals surface area contributed by atoms with E-state index in [4.69, 9.17) is 4.74 Å². The number of carbonyl (C=O) groups excluding carboxylic acids is 1. The number of hydrogen-bond acceptors (Lipinski definition) is 7. The Labute approximate surface area is 156 Å². The van der Waals surface area contributed by atoms with E-state index in [9.17, 15) is 4.79 Å². The Bertz CT molecular complexity index is 928. The predicted octanol–water partition coefficient (Wildman–Crippen LogP) is 3.19. The minimum Gasteiger partial charge on any atom is -0.463 e. The molecule has 1 saturated heterocycles. The zero-order chi connectivity index (χ0) is 18.1. The number of methoxy groups -OCH3 is 1. The summed E-state index contributed by atoms with van der Waals surface area (Å²) < 4.78 is 5.83. The van der Waals surface area contributed by atoms with E-state index in [2.05, 4.69) is 51.0 Å². The second-order valence-corrected chi connectivity index (χ2v) is 7.24. The largest absolute Gasteiger partial charge is 0.463 e. The molecule has 1 aliphatic heterocycles. The number of aromatic nitrogens is 2. The molecule has 0 radical (unpaired) electrons. The van der Waals surface area contributed by atoms with Crippen LogP contribution in [-0.2, 0) is 4.74 Å². The summed E-state index contributed by atoms with van der Waals surface area (Å²) in [5.74, 6) is 0.437. The molecule has 2 aromatic heterocycles. The molecule has 26 heavy (non-hydrogen) atoms. The highest BCUT2D eigenvalue weighted by Crippen LogP contribution is 2.32. The summed E-state index contributed by atoms with van der Waals surface area (Å²) in [6, 6.07) is 12.6. The van der Waals surface area contributed by atoms with Crippen LogP contribution in [0.2, 0.25) is 0 Å². The number of benzene rings is 1. The van der Waals surface area contributed by atoms with Crippen molar-refractivity contribution in [2.24, 2.45) is 0 Å². The van der Waals surface area contributed by atoms with Crippen LogP contribution in [-0.4, -0.2) is 48.7 Å². The lowest BCUT2D eigenvalue weighted by Crippen LogP contribution is -2.52. The fraction of sp³-hybridized carbons (Fsp3) is 0.316. The van der Waals surface area contributed by atoms with Crippen molar-refractivity contribution in [2.45, 2.75) is 13.0 Å². The van der Waals surface area contributed by atoms with Gasteiger partial charge in [-0.2, -0.15) is 0 Å². The van der Waals surface area contributed by atoms with E-state index < -0.39 is 5.97 Å². The smallest absolute Gasteiger partial charge is 0.376 e. The summed E-state index contributed by atoms with van der Waals surface area (Å²) in [6.45, 7) is 4.82. The molecule has 0 spiro atoms. The van der Waals surface area contributed by atoms with Gasteiger partial charge in [-0.05, 0) is 30.5 Å². The molecule has 7 heteroatoms. The second kappa shape index (κ2) is 6.92. The van der Waals surface area contributed by atoms with Crippen LogP contribution >= 0.6 is 11.3 Å². The van der Waals surface area contributed by atoms with Crippen molar-refractivity contribution < 1.29 is 9.53 Å². The van der Waals surface area contributed by atoms with Crippen molar-refractivity contribution in [3.8, 4) is 0 Å². The molecule has 0 N–H and O–H groups in total. The van der Waals surface area contributed by atoms with Gasteiger partial charge in [0.15, 0.2) is 5.82 Å². The van der Waals surface area contributed by atoms with Crippen LogP contribution in [0.3, 0.4) is 0 Å². The van der Waals surface area contributed by atoms with Crippen LogP contribution in [0.1, 0.15) is 17.5 Å². The molecular formula is C19H20N4O2S. The van der Waals surface area contributed by atoms with Gasteiger partial charge in [-0.15, -0.1) is 11.3 Å². The van der Waals surface area contributed by atoms with Gasteiger partial charge >= 0.3 is 5.97 Å². The summed E-state index contributed by atoms with van der Waals surface area (Å²) in [5, 5.41) is 1.98. The fourth-order valence-corrected chi connectivity index (χ4v) is 4.21. The standard InChI is InChI=1S/C19H20N4O2S/c1-13-12-22(14-6-4-3-5-7-14)9-10-23(13)18-16-15(8-11-26-16)20-17(21-18)19(24)25-2/h3-8,11,13H,9-10,12H2,1-2H3. The van der Waals surface area contributed by atoms with Crippen LogP contribution in [0.4, 0.5) is 11.5 Å². The van der Waals surface area contributed by atoms with Gasteiger partial charge in [-0.3, -0.25) is 0 Å². The Morgan fingerprint density at radius 3 is 2.73 bits per heavy atom. The van der Waals surface area contributed by atoms with E-state index in [1.54, 1.807) is 11.3 Å². The first-order valence-corrected chi connectivity index (χ1v) is 9.45. The first kappa shape index (κ1) is 16.8. The van der Waals surface area contributed by atoms with Gasteiger partial charge in [-0.25, -0.2) is 14.8 Å². The number of esters is 1. The molecule has 0 aliphatic carbocycles. The molecule has 1 aromatic carbocycles. The third-order valence-electron chi connectivity index (χ3n) is 4.67. The van der Waals surface area contributed by atoms with E-state index in [1.807, 2.05) is 17.5 Å². The van der Waals surface area contributed by atoms with Crippen molar-refractivity contribution in [1.82, 2.24) is 9.97 Å². The summed E-state index contributed by atoms with van der Waals surface area (Å²) in [7, 11) is 1.35. The molecule has 1 atom stereocenters. The maximum Gasteiger partial charge on any atom is 0.376 e. The third kappa shape index (κ3) is 2.99. The first-order valence-electron chi connectivity index (χ1n) is 8.57. The van der Waals surface area contributed by atoms with E-state index >= 15 is 0 Å². The maximum absolute atomic E-state index is 12.0. The molecule has 0 bridgehead atoms.